The van der Waals surface area contributed by atoms with Gasteiger partial charge in [0.2, 0.25) is 5.91 Å². The number of esters is 1. The quantitative estimate of drug-likeness (QED) is 0.0245. The maximum atomic E-state index is 13.2. The summed E-state index contributed by atoms with van der Waals surface area (Å²) in [4.78, 5) is 26.2. The van der Waals surface area contributed by atoms with Gasteiger partial charge in [-0.05, 0) is 70.6 Å². The lowest BCUT2D eigenvalue weighted by Gasteiger charge is -2.24. The largest absolute Gasteiger partial charge is 0.462 e. The van der Waals surface area contributed by atoms with Crippen LogP contribution in [0, 0.1) is 0 Å². The molecule has 3 N–H and O–H groups in total. The molecule has 0 aromatic heterocycles. The Morgan fingerprint density at radius 3 is 1.25 bits per heavy atom. The normalized spacial score (nSPS) is 13.4. The molecule has 6 heteroatoms. The second-order valence-electron chi connectivity index (χ2n) is 19.0. The second-order valence-corrected chi connectivity index (χ2v) is 19.0. The number of nitrogens with one attached hydrogen (secondary N) is 1. The van der Waals surface area contributed by atoms with E-state index in [-0.39, 0.29) is 24.9 Å². The predicted octanol–water partition coefficient (Wildman–Crippen LogP) is 16.8. The van der Waals surface area contributed by atoms with Crippen LogP contribution in [-0.2, 0) is 14.3 Å². The number of rotatable bonds is 50. The van der Waals surface area contributed by atoms with Crippen molar-refractivity contribution < 1.29 is 24.5 Å². The molecule has 0 spiro atoms. The van der Waals surface area contributed by atoms with Crippen molar-refractivity contribution in [2.24, 2.45) is 0 Å². The van der Waals surface area contributed by atoms with Crippen LogP contribution >= 0.6 is 0 Å². The van der Waals surface area contributed by atoms with Crippen molar-refractivity contribution in [3.05, 3.63) is 36.5 Å². The summed E-state index contributed by atoms with van der Waals surface area (Å²) < 4.78 is 5.91. The molecule has 0 radical (unpaired) electrons. The smallest absolute Gasteiger partial charge is 0.306 e. The zero-order valence-electron chi connectivity index (χ0n) is 42.2. The van der Waals surface area contributed by atoms with Crippen LogP contribution in [0.5, 0.6) is 0 Å². The van der Waals surface area contributed by atoms with Crippen LogP contribution in [0.3, 0.4) is 0 Å². The van der Waals surface area contributed by atoms with Gasteiger partial charge < -0.3 is 20.3 Å². The third-order valence-electron chi connectivity index (χ3n) is 12.7. The maximum Gasteiger partial charge on any atom is 0.306 e. The Labute approximate surface area is 392 Å². The van der Waals surface area contributed by atoms with Crippen LogP contribution in [-0.4, -0.2) is 46.9 Å². The molecule has 0 fully saturated rings. The third kappa shape index (κ3) is 46.4. The minimum Gasteiger partial charge on any atom is -0.462 e. The van der Waals surface area contributed by atoms with Gasteiger partial charge in [-0.2, -0.15) is 0 Å². The van der Waals surface area contributed by atoms with Gasteiger partial charge in [0.15, 0.2) is 0 Å². The predicted molar refractivity (Wildman–Crippen MR) is 273 cm³/mol. The first-order valence-electron chi connectivity index (χ1n) is 27.7. The summed E-state index contributed by atoms with van der Waals surface area (Å²) in [6.07, 6.45) is 60.7. The van der Waals surface area contributed by atoms with Crippen molar-refractivity contribution in [3.8, 4) is 0 Å². The number of hydrogen-bond acceptors (Lipinski definition) is 5. The van der Waals surface area contributed by atoms with Crippen molar-refractivity contribution in [1.29, 1.82) is 0 Å². The highest BCUT2D eigenvalue weighted by Gasteiger charge is 2.24. The van der Waals surface area contributed by atoms with E-state index in [9.17, 15) is 19.8 Å². The Hall–Kier alpha value is -1.92. The molecule has 0 rings (SSSR count). The van der Waals surface area contributed by atoms with Crippen LogP contribution in [0.25, 0.3) is 0 Å². The Balaban J connectivity index is 4.60. The highest BCUT2D eigenvalue weighted by Crippen LogP contribution is 2.17. The molecule has 0 aliphatic rings. The van der Waals surface area contributed by atoms with Gasteiger partial charge in [-0.1, -0.05) is 243 Å². The topological polar surface area (TPSA) is 95.9 Å². The van der Waals surface area contributed by atoms with Gasteiger partial charge in [-0.15, -0.1) is 0 Å². The van der Waals surface area contributed by atoms with Crippen LogP contribution < -0.4 is 5.32 Å². The van der Waals surface area contributed by atoms with E-state index in [1.54, 1.807) is 0 Å². The fraction of sp³-hybridized carbons (Fsp3) is 0.860. The fourth-order valence-electron chi connectivity index (χ4n) is 8.48. The van der Waals surface area contributed by atoms with Gasteiger partial charge in [0.1, 0.15) is 6.10 Å². The Morgan fingerprint density at radius 2 is 0.825 bits per heavy atom. The number of carbonyl (C=O) groups excluding carboxylic acids is 2. The monoisotopic (exact) mass is 886 g/mol. The van der Waals surface area contributed by atoms with Gasteiger partial charge >= 0.3 is 5.97 Å². The van der Waals surface area contributed by atoms with Crippen molar-refractivity contribution in [2.75, 3.05) is 6.61 Å². The first-order valence-corrected chi connectivity index (χ1v) is 27.7. The van der Waals surface area contributed by atoms with E-state index >= 15 is 0 Å². The molecule has 0 saturated carbocycles. The molecule has 0 bridgehead atoms. The molecular formula is C57H107NO5. The molecule has 0 heterocycles. The molecule has 0 aliphatic carbocycles. The molecule has 63 heavy (non-hydrogen) atoms. The SMILES string of the molecule is CCCCCCCCC/C=C\CCCCCC(=O)OC(CCC/C=C/C=C/CCCCCCCCC)CC(=O)NC(CO)C(O)CCCCCCCCCCCCCCCCCC. The van der Waals surface area contributed by atoms with Crippen molar-refractivity contribution >= 4 is 11.9 Å². The molecule has 0 saturated heterocycles. The highest BCUT2D eigenvalue weighted by molar-refractivity contribution is 5.77. The van der Waals surface area contributed by atoms with Gasteiger partial charge in [0, 0.05) is 6.42 Å². The van der Waals surface area contributed by atoms with Crippen molar-refractivity contribution in [3.63, 3.8) is 0 Å². The highest BCUT2D eigenvalue weighted by atomic mass is 16.5. The van der Waals surface area contributed by atoms with Gasteiger partial charge in [-0.25, -0.2) is 0 Å². The molecule has 3 unspecified atom stereocenters. The van der Waals surface area contributed by atoms with Crippen LogP contribution in [0.2, 0.25) is 0 Å². The molecular weight excluding hydrogens is 779 g/mol. The summed E-state index contributed by atoms with van der Waals surface area (Å²) >= 11 is 0. The molecule has 0 aromatic rings. The summed E-state index contributed by atoms with van der Waals surface area (Å²) in [7, 11) is 0. The average Bonchev–Trinajstić information content (AvgIpc) is 3.28. The number of amides is 1. The molecule has 6 nitrogen and oxygen atoms in total. The third-order valence-corrected chi connectivity index (χ3v) is 12.7. The number of aliphatic hydroxyl groups excluding tert-OH is 2. The summed E-state index contributed by atoms with van der Waals surface area (Å²) in [5, 5.41) is 23.8. The Bertz CT molecular complexity index is 1040. The molecule has 1 amide bonds. The number of carbonyl (C=O) groups is 2. The average molecular weight is 886 g/mol. The zero-order chi connectivity index (χ0) is 45.9. The number of hydrogen-bond donors (Lipinski definition) is 3. The van der Waals surface area contributed by atoms with Crippen molar-refractivity contribution in [2.45, 2.75) is 309 Å². The summed E-state index contributed by atoms with van der Waals surface area (Å²) in [6.45, 7) is 6.48. The first kappa shape index (κ1) is 61.1. The van der Waals surface area contributed by atoms with Crippen LogP contribution in [0.4, 0.5) is 0 Å². The molecule has 0 aromatic carbocycles. The van der Waals surface area contributed by atoms with E-state index in [1.807, 2.05) is 0 Å². The van der Waals surface area contributed by atoms with Crippen LogP contribution in [0.1, 0.15) is 290 Å². The second kappa shape index (κ2) is 51.1. The Kier molecular flexibility index (Phi) is 49.5. The number of aliphatic hydroxyl groups is 2. The Morgan fingerprint density at radius 1 is 0.460 bits per heavy atom. The minimum absolute atomic E-state index is 0.0413. The van der Waals surface area contributed by atoms with Crippen LogP contribution in [0.15, 0.2) is 36.5 Å². The molecule has 0 aliphatic heterocycles. The fourth-order valence-corrected chi connectivity index (χ4v) is 8.48. The lowest BCUT2D eigenvalue weighted by molar-refractivity contribution is -0.151. The lowest BCUT2D eigenvalue weighted by atomic mass is 10.0. The molecule has 3 atom stereocenters. The summed E-state index contributed by atoms with van der Waals surface area (Å²) in [5.41, 5.74) is 0. The van der Waals surface area contributed by atoms with Gasteiger partial charge in [0.05, 0.1) is 25.2 Å². The maximum absolute atomic E-state index is 13.2. The van der Waals surface area contributed by atoms with E-state index < -0.39 is 18.2 Å². The van der Waals surface area contributed by atoms with Gasteiger partial charge in [-0.3, -0.25) is 9.59 Å². The van der Waals surface area contributed by atoms with E-state index in [1.165, 1.54) is 180 Å². The molecule has 370 valence electrons. The van der Waals surface area contributed by atoms with Crippen molar-refractivity contribution in [1.82, 2.24) is 5.32 Å². The number of ether oxygens (including phenoxy) is 1. The van der Waals surface area contributed by atoms with E-state index in [2.05, 4.69) is 62.5 Å². The number of unbranched alkanes of at least 4 members (excludes halogenated alkanes) is 33. The first-order chi connectivity index (χ1) is 31.0. The summed E-state index contributed by atoms with van der Waals surface area (Å²) in [5.74, 6) is -0.529. The summed E-state index contributed by atoms with van der Waals surface area (Å²) in [6, 6.07) is -0.717. The van der Waals surface area contributed by atoms with E-state index in [4.69, 9.17) is 4.74 Å². The number of allylic oxidation sites excluding steroid dienone is 6. The van der Waals surface area contributed by atoms with Gasteiger partial charge in [0.25, 0.3) is 0 Å². The van der Waals surface area contributed by atoms with E-state index in [0.717, 1.165) is 64.2 Å². The standard InChI is InChI=1S/C57H107NO5/c1-4-7-10-13-16-19-22-25-28-29-31-34-37-40-43-46-49-55(60)54(52-59)58-56(61)51-53(48-45-42-39-36-33-30-26-23-20-17-14-11-8-5-2)63-57(62)50-47-44-41-38-35-32-27-24-21-18-15-12-9-6-3/h30,32-33,35-36,39,53-55,59-60H,4-29,31,34,37-38,40-52H2,1-3H3,(H,58,61)/b33-30+,35-32-,39-36+. The zero-order valence-corrected chi connectivity index (χ0v) is 42.2. The minimum atomic E-state index is -0.800. The lowest BCUT2D eigenvalue weighted by Crippen LogP contribution is -2.46. The van der Waals surface area contributed by atoms with E-state index in [0.29, 0.717) is 19.3 Å².